The van der Waals surface area contributed by atoms with Crippen molar-refractivity contribution in [1.82, 2.24) is 4.90 Å². The molecular formula is C24H31N3O2S. The molecule has 0 radical (unpaired) electrons. The van der Waals surface area contributed by atoms with E-state index in [0.717, 1.165) is 42.9 Å². The number of amides is 2. The zero-order chi connectivity index (χ0) is 21.5. The fourth-order valence-corrected chi connectivity index (χ4v) is 4.83. The molecule has 1 heterocycles. The van der Waals surface area contributed by atoms with Crippen molar-refractivity contribution in [2.75, 3.05) is 25.0 Å². The largest absolute Gasteiger partial charge is 0.370 e. The molecule has 2 aromatic carbocycles. The minimum Gasteiger partial charge on any atom is -0.370 e. The van der Waals surface area contributed by atoms with Crippen LogP contribution in [0.1, 0.15) is 36.8 Å². The van der Waals surface area contributed by atoms with Gasteiger partial charge in [0, 0.05) is 28.4 Å². The maximum Gasteiger partial charge on any atom is 0.238 e. The van der Waals surface area contributed by atoms with Crippen LogP contribution in [0.4, 0.5) is 5.69 Å². The van der Waals surface area contributed by atoms with E-state index in [9.17, 15) is 9.59 Å². The minimum atomic E-state index is -0.246. The topological polar surface area (TPSA) is 75.4 Å². The summed E-state index contributed by atoms with van der Waals surface area (Å²) in [5.41, 5.74) is 8.59. The maximum atomic E-state index is 12.5. The summed E-state index contributed by atoms with van der Waals surface area (Å²) in [6.45, 7) is 6.38. The normalized spacial score (nSPS) is 16.9. The molecule has 1 fully saturated rings. The number of piperidine rings is 1. The lowest BCUT2D eigenvalue weighted by Gasteiger charge is -2.32. The van der Waals surface area contributed by atoms with Crippen molar-refractivity contribution in [3.63, 3.8) is 0 Å². The third-order valence-corrected chi connectivity index (χ3v) is 6.65. The molecule has 3 rings (SSSR count). The first-order valence-electron chi connectivity index (χ1n) is 10.5. The lowest BCUT2D eigenvalue weighted by molar-refractivity contribution is -0.119. The highest BCUT2D eigenvalue weighted by molar-refractivity contribution is 7.99. The molecular weight excluding hydrogens is 394 g/mol. The van der Waals surface area contributed by atoms with Crippen LogP contribution >= 0.6 is 11.8 Å². The van der Waals surface area contributed by atoms with Crippen molar-refractivity contribution >= 4 is 29.3 Å². The Kier molecular flexibility index (Phi) is 7.94. The second-order valence-corrected chi connectivity index (χ2v) is 9.31. The zero-order valence-corrected chi connectivity index (χ0v) is 18.6. The van der Waals surface area contributed by atoms with Gasteiger partial charge in [-0.2, -0.15) is 0 Å². The van der Waals surface area contributed by atoms with E-state index in [1.807, 2.05) is 24.3 Å². The highest BCUT2D eigenvalue weighted by Crippen LogP contribution is 2.31. The van der Waals surface area contributed by atoms with Crippen LogP contribution in [0.5, 0.6) is 0 Å². The highest BCUT2D eigenvalue weighted by atomic mass is 32.2. The number of carbonyl (C=O) groups excluding carboxylic acids is 2. The quantitative estimate of drug-likeness (QED) is 0.658. The van der Waals surface area contributed by atoms with Crippen molar-refractivity contribution in [1.29, 1.82) is 0 Å². The summed E-state index contributed by atoms with van der Waals surface area (Å²) < 4.78 is 0. The number of rotatable bonds is 8. The van der Waals surface area contributed by atoms with Gasteiger partial charge in [0.15, 0.2) is 0 Å². The third kappa shape index (κ3) is 6.89. The standard InChI is InChI=1S/C24H31N3O2S/c1-17-5-6-18(2)22(14-17)30-21-10-8-20(9-11-21)26-24(29)16-27-13-3-4-19(15-27)7-12-23(25)28/h5-6,8-11,14,19H,3-4,7,12-13,15-16H2,1-2H3,(H2,25,28)(H,26,29). The van der Waals surface area contributed by atoms with Gasteiger partial charge in [-0.1, -0.05) is 23.9 Å². The van der Waals surface area contributed by atoms with E-state index in [1.165, 1.54) is 16.0 Å². The third-order valence-electron chi connectivity index (χ3n) is 5.48. The summed E-state index contributed by atoms with van der Waals surface area (Å²) in [7, 11) is 0. The lowest BCUT2D eigenvalue weighted by Crippen LogP contribution is -2.40. The van der Waals surface area contributed by atoms with Crippen LogP contribution in [0, 0.1) is 19.8 Å². The van der Waals surface area contributed by atoms with Crippen LogP contribution in [0.2, 0.25) is 0 Å². The maximum absolute atomic E-state index is 12.5. The number of carbonyl (C=O) groups is 2. The Hall–Kier alpha value is -2.31. The van der Waals surface area contributed by atoms with Crippen molar-refractivity contribution in [3.05, 3.63) is 53.6 Å². The minimum absolute atomic E-state index is 0.000447. The summed E-state index contributed by atoms with van der Waals surface area (Å²) in [6.07, 6.45) is 3.40. The van der Waals surface area contributed by atoms with Gasteiger partial charge in [-0.05, 0) is 87.0 Å². The first-order chi connectivity index (χ1) is 14.4. The van der Waals surface area contributed by atoms with E-state index in [-0.39, 0.29) is 11.8 Å². The molecule has 1 aliphatic heterocycles. The first kappa shape index (κ1) is 22.4. The molecule has 160 valence electrons. The van der Waals surface area contributed by atoms with Crippen LogP contribution in [-0.2, 0) is 9.59 Å². The second kappa shape index (κ2) is 10.6. The number of nitrogens with two attached hydrogens (primary N) is 1. The molecule has 1 unspecified atom stereocenters. The Labute approximate surface area is 183 Å². The first-order valence-corrected chi connectivity index (χ1v) is 11.4. The Balaban J connectivity index is 1.49. The molecule has 0 bridgehead atoms. The molecule has 1 saturated heterocycles. The average molecular weight is 426 g/mol. The molecule has 0 saturated carbocycles. The van der Waals surface area contributed by atoms with Crippen molar-refractivity contribution in [3.8, 4) is 0 Å². The molecule has 0 aromatic heterocycles. The fraction of sp³-hybridized carbons (Fsp3) is 0.417. The molecule has 0 aliphatic carbocycles. The summed E-state index contributed by atoms with van der Waals surface area (Å²) in [6, 6.07) is 14.5. The van der Waals surface area contributed by atoms with Crippen LogP contribution in [0.25, 0.3) is 0 Å². The number of likely N-dealkylation sites (tertiary alicyclic amines) is 1. The van der Waals surface area contributed by atoms with E-state index >= 15 is 0 Å². The molecule has 1 aliphatic rings. The highest BCUT2D eigenvalue weighted by Gasteiger charge is 2.22. The fourth-order valence-electron chi connectivity index (χ4n) is 3.83. The monoisotopic (exact) mass is 425 g/mol. The van der Waals surface area contributed by atoms with Crippen molar-refractivity contribution in [2.45, 2.75) is 49.3 Å². The van der Waals surface area contributed by atoms with E-state index in [2.05, 4.69) is 42.3 Å². The molecule has 5 nitrogen and oxygen atoms in total. The van der Waals surface area contributed by atoms with Crippen molar-refractivity contribution < 1.29 is 9.59 Å². The second-order valence-electron chi connectivity index (χ2n) is 8.19. The van der Waals surface area contributed by atoms with Gasteiger partial charge in [-0.3, -0.25) is 14.5 Å². The average Bonchev–Trinajstić information content (AvgIpc) is 2.71. The zero-order valence-electron chi connectivity index (χ0n) is 17.8. The Morgan fingerprint density at radius 2 is 1.93 bits per heavy atom. The van der Waals surface area contributed by atoms with Gasteiger partial charge in [0.25, 0.3) is 0 Å². The molecule has 6 heteroatoms. The van der Waals surface area contributed by atoms with E-state index in [1.54, 1.807) is 11.8 Å². The lowest BCUT2D eigenvalue weighted by atomic mass is 9.93. The van der Waals surface area contributed by atoms with E-state index in [0.29, 0.717) is 18.9 Å². The van der Waals surface area contributed by atoms with Gasteiger partial charge >= 0.3 is 0 Å². The molecule has 0 spiro atoms. The van der Waals surface area contributed by atoms with E-state index < -0.39 is 0 Å². The Morgan fingerprint density at radius 1 is 1.17 bits per heavy atom. The summed E-state index contributed by atoms with van der Waals surface area (Å²) in [5.74, 6) is 0.199. The van der Waals surface area contributed by atoms with Gasteiger partial charge in [0.05, 0.1) is 6.54 Å². The smallest absolute Gasteiger partial charge is 0.238 e. The number of primary amides is 1. The number of hydrogen-bond acceptors (Lipinski definition) is 4. The predicted octanol–water partition coefficient (Wildman–Crippen LogP) is 4.37. The van der Waals surface area contributed by atoms with Gasteiger partial charge in [0.1, 0.15) is 0 Å². The van der Waals surface area contributed by atoms with Crippen LogP contribution < -0.4 is 11.1 Å². The van der Waals surface area contributed by atoms with Crippen LogP contribution in [0.3, 0.4) is 0 Å². The number of aryl methyl sites for hydroxylation is 2. The summed E-state index contributed by atoms with van der Waals surface area (Å²) >= 11 is 1.74. The van der Waals surface area contributed by atoms with Gasteiger partial charge in [-0.15, -0.1) is 0 Å². The molecule has 30 heavy (non-hydrogen) atoms. The number of nitrogens with zero attached hydrogens (tertiary/aromatic N) is 1. The summed E-state index contributed by atoms with van der Waals surface area (Å²) in [4.78, 5) is 28.1. The summed E-state index contributed by atoms with van der Waals surface area (Å²) in [5, 5.41) is 3.00. The van der Waals surface area contributed by atoms with Gasteiger partial charge in [0.2, 0.25) is 11.8 Å². The van der Waals surface area contributed by atoms with Crippen LogP contribution in [-0.4, -0.2) is 36.3 Å². The van der Waals surface area contributed by atoms with Crippen molar-refractivity contribution in [2.24, 2.45) is 11.7 Å². The van der Waals surface area contributed by atoms with Gasteiger partial charge in [-0.25, -0.2) is 0 Å². The molecule has 3 N–H and O–H groups in total. The number of hydrogen-bond donors (Lipinski definition) is 2. The number of nitrogens with one attached hydrogen (secondary N) is 1. The number of benzene rings is 2. The van der Waals surface area contributed by atoms with E-state index in [4.69, 9.17) is 5.73 Å². The Bertz CT molecular complexity index is 883. The molecule has 2 amide bonds. The SMILES string of the molecule is Cc1ccc(C)c(Sc2ccc(NC(=O)CN3CCCC(CCC(N)=O)C3)cc2)c1. The van der Waals surface area contributed by atoms with Crippen LogP contribution in [0.15, 0.2) is 52.3 Å². The Morgan fingerprint density at radius 3 is 2.67 bits per heavy atom. The molecule has 2 aromatic rings. The predicted molar refractivity (Wildman–Crippen MR) is 123 cm³/mol. The van der Waals surface area contributed by atoms with Gasteiger partial charge < -0.3 is 11.1 Å². The number of anilines is 1. The molecule has 1 atom stereocenters.